The molecule has 6 aliphatic carbocycles. The van der Waals surface area contributed by atoms with E-state index in [0.717, 1.165) is 198 Å². The van der Waals surface area contributed by atoms with Crippen LogP contribution in [0.15, 0.2) is 127 Å². The number of piperidine rings is 1. The maximum atomic E-state index is 12.9. The summed E-state index contributed by atoms with van der Waals surface area (Å²) in [5.74, 6) is -2.05. The number of thiophene rings is 1. The molecule has 142 heavy (non-hydrogen) atoms. The number of pyridine rings is 1. The van der Waals surface area contributed by atoms with E-state index < -0.39 is 40.4 Å². The number of fused-ring (bicyclic) bond motifs is 5. The SMILES string of the molecule is Cc1cc(-c2ccccn2)nc2c(C(=O)NC(=O)C3CC4(CCC4)C3)ncn12.Cc1cc(-c2ccco2)nc2c(C(=O)NC(=O)C(C)(C)C3CC3)ncn12.Cc1cc(-c2cccs2)nc2c(C(=O)NC(=O)C3CCC(OC(C)C)CC3)ncn12.Cc1cc(C2CCNCC2)nc2c(C(=O)NC(=O)C3CCC(OC(C)C)CC3)ncn12.Cc1cc(C2CCOCC2)nc2c(C(=O)NC(=O)C(C)(C)C3CC3)ncn12. The third-order valence-electron chi connectivity index (χ3n) is 29.2. The smallest absolute Gasteiger partial charge is 0.280 e. The molecule has 13 aromatic heterocycles. The molecule has 0 aromatic carbocycles. The highest BCUT2D eigenvalue weighted by Crippen LogP contribution is 2.59. The van der Waals surface area contributed by atoms with Crippen molar-refractivity contribution in [3.05, 3.63) is 191 Å². The van der Waals surface area contributed by atoms with Gasteiger partial charge in [-0.1, -0.05) is 46.2 Å². The number of aromatic nitrogens is 16. The van der Waals surface area contributed by atoms with Crippen molar-refractivity contribution < 1.29 is 66.6 Å². The molecule has 15 heterocycles. The van der Waals surface area contributed by atoms with Crippen LogP contribution in [0.4, 0.5) is 0 Å². The van der Waals surface area contributed by atoms with Crippen LogP contribution in [0, 0.1) is 80.5 Å². The highest BCUT2D eigenvalue weighted by Gasteiger charge is 2.51. The molecule has 8 fully saturated rings. The number of hydrogen-bond donors (Lipinski definition) is 6. The Labute approximate surface area is 826 Å². The summed E-state index contributed by atoms with van der Waals surface area (Å²) in [4.78, 5) is 177. The molecule has 6 N–H and O–H groups in total. The Bertz CT molecular complexity index is 6840. The average molecular weight is 1950 g/mol. The number of nitrogens with one attached hydrogen (secondary N) is 6. The van der Waals surface area contributed by atoms with E-state index in [4.69, 9.17) is 28.6 Å². The third-order valence-corrected chi connectivity index (χ3v) is 30.0. The number of carbonyl (C=O) groups excluding carboxylic acids is 10. The number of nitrogens with zero attached hydrogens (tertiary/aromatic N) is 16. The molecule has 0 unspecified atom stereocenters. The lowest BCUT2D eigenvalue weighted by molar-refractivity contribution is -0.135. The maximum absolute atomic E-state index is 12.9. The monoisotopic (exact) mass is 1950 g/mol. The molecule has 0 radical (unpaired) electrons. The first kappa shape index (κ1) is 100. The lowest BCUT2D eigenvalue weighted by atomic mass is 9.51. The van der Waals surface area contributed by atoms with Gasteiger partial charge in [-0.3, -0.25) is 102 Å². The molecule has 6 saturated carbocycles. The summed E-state index contributed by atoms with van der Waals surface area (Å²) in [6.07, 6.45) is 31.7. The number of imidazole rings is 5. The second-order valence-corrected chi connectivity index (χ2v) is 41.7. The number of hydrogen-bond acceptors (Lipinski definition) is 27. The average Bonchev–Trinajstić information content (AvgIpc) is 1.31. The van der Waals surface area contributed by atoms with Crippen LogP contribution in [-0.4, -0.2) is 187 Å². The van der Waals surface area contributed by atoms with E-state index >= 15 is 0 Å². The Kier molecular flexibility index (Phi) is 30.3. The van der Waals surface area contributed by atoms with Gasteiger partial charge in [-0.2, -0.15) is 0 Å². The van der Waals surface area contributed by atoms with E-state index in [9.17, 15) is 47.9 Å². The first-order valence-electron chi connectivity index (χ1n) is 49.7. The van der Waals surface area contributed by atoms with Crippen LogP contribution in [-0.2, 0) is 38.2 Å². The van der Waals surface area contributed by atoms with Crippen molar-refractivity contribution >= 4 is 98.6 Å². The topological polar surface area (TPSA) is 448 Å². The van der Waals surface area contributed by atoms with Crippen LogP contribution in [0.25, 0.3) is 61.6 Å². The predicted octanol–water partition coefficient (Wildman–Crippen LogP) is 15.3. The molecule has 2 saturated heterocycles. The molecule has 0 atom stereocenters. The number of furan rings is 1. The van der Waals surface area contributed by atoms with Crippen molar-refractivity contribution in [1.29, 1.82) is 0 Å². The molecular weight excluding hydrogens is 1830 g/mol. The lowest BCUT2D eigenvalue weighted by Crippen LogP contribution is -2.50. The zero-order valence-electron chi connectivity index (χ0n) is 82.9. The summed E-state index contributed by atoms with van der Waals surface area (Å²) in [6, 6.07) is 23.0. The Morgan fingerprint density at radius 3 is 1.20 bits per heavy atom. The van der Waals surface area contributed by atoms with E-state index in [-0.39, 0.29) is 100 Å². The van der Waals surface area contributed by atoms with Crippen LogP contribution in [0.3, 0.4) is 0 Å². The Hall–Kier alpha value is -13.2. The number of imide groups is 5. The van der Waals surface area contributed by atoms with Crippen LogP contribution < -0.4 is 31.9 Å². The second-order valence-electron chi connectivity index (χ2n) is 40.8. The zero-order chi connectivity index (χ0) is 100. The minimum atomic E-state index is -0.562. The molecule has 8 aliphatic rings. The lowest BCUT2D eigenvalue weighted by Gasteiger charge is -2.53. The molecule has 746 valence electrons. The van der Waals surface area contributed by atoms with Gasteiger partial charge in [0.1, 0.15) is 37.3 Å². The van der Waals surface area contributed by atoms with Gasteiger partial charge in [-0.15, -0.1) is 11.3 Å². The van der Waals surface area contributed by atoms with Gasteiger partial charge in [0.2, 0.25) is 29.5 Å². The summed E-state index contributed by atoms with van der Waals surface area (Å²) in [7, 11) is 0. The van der Waals surface area contributed by atoms with Gasteiger partial charge in [-0.05, 0) is 287 Å². The molecule has 21 rings (SSSR count). The van der Waals surface area contributed by atoms with Crippen LogP contribution in [0.2, 0.25) is 0 Å². The summed E-state index contributed by atoms with van der Waals surface area (Å²) >= 11 is 1.59. The number of carbonyl (C=O) groups is 10. The van der Waals surface area contributed by atoms with Crippen molar-refractivity contribution in [2.75, 3.05) is 26.3 Å². The number of ether oxygens (including phenoxy) is 3. The first-order valence-corrected chi connectivity index (χ1v) is 50.6. The van der Waals surface area contributed by atoms with Gasteiger partial charge in [0.05, 0.1) is 52.6 Å². The normalized spacial score (nSPS) is 18.8. The number of aryl methyl sites for hydroxylation is 5. The minimum absolute atomic E-state index is 0.0584. The van der Waals surface area contributed by atoms with Crippen molar-refractivity contribution in [2.45, 2.75) is 261 Å². The second kappa shape index (κ2) is 42.9. The van der Waals surface area contributed by atoms with Gasteiger partial charge in [-0.25, -0.2) is 49.8 Å². The first-order chi connectivity index (χ1) is 68.1. The van der Waals surface area contributed by atoms with E-state index in [1.54, 1.807) is 78.8 Å². The van der Waals surface area contributed by atoms with Crippen molar-refractivity contribution in [1.82, 2.24) is 109 Å². The molecule has 1 spiro atoms. The quantitative estimate of drug-likeness (QED) is 0.0364. The Morgan fingerprint density at radius 1 is 0.423 bits per heavy atom. The minimum Gasteiger partial charge on any atom is -0.463 e. The van der Waals surface area contributed by atoms with Crippen molar-refractivity contribution in [3.63, 3.8) is 0 Å². The molecule has 0 bridgehead atoms. The molecule has 10 amide bonds. The summed E-state index contributed by atoms with van der Waals surface area (Å²) in [5.41, 5.74) is 11.8. The Balaban J connectivity index is 0.000000122. The van der Waals surface area contributed by atoms with E-state index in [0.29, 0.717) is 74.5 Å². The molecular formula is C105H126N22O14S. The molecule has 37 heteroatoms. The highest BCUT2D eigenvalue weighted by molar-refractivity contribution is 7.13. The summed E-state index contributed by atoms with van der Waals surface area (Å²) in [6.45, 7) is 28.8. The van der Waals surface area contributed by atoms with Crippen LogP contribution >= 0.6 is 11.3 Å². The van der Waals surface area contributed by atoms with Gasteiger partial charge >= 0.3 is 0 Å². The van der Waals surface area contributed by atoms with Crippen LogP contribution in [0.1, 0.15) is 294 Å². The fourth-order valence-corrected chi connectivity index (χ4v) is 20.8. The van der Waals surface area contributed by atoms with Gasteiger partial charge in [0.15, 0.2) is 62.5 Å². The Morgan fingerprint density at radius 2 is 0.817 bits per heavy atom. The molecule has 36 nitrogen and oxygen atoms in total. The van der Waals surface area contributed by atoms with Gasteiger partial charge in [0.25, 0.3) is 29.5 Å². The largest absolute Gasteiger partial charge is 0.463 e. The van der Waals surface area contributed by atoms with Crippen molar-refractivity contribution in [3.8, 4) is 33.4 Å². The standard InChI is InChI=1S/C23H33N5O3.C22H26N4O3S.C21H21N5O2.C20H26N4O3.C19H20N4O3/c1-14(2)31-18-6-4-17(5-7-18)22(29)27-23(30)20-21-26-19(16-8-10-24-11-9-16)12-15(3)28(21)13-25-20;1-13(2)29-16-8-6-15(7-9-16)21(27)25-22(28)19-20-24-17(18-5-4-10-30-18)11-14(3)26(20)12-23-19;1-13-9-16(15-5-2-3-8-22-15)24-18-17(23-12-26(13)18)20(28)25-19(27)14-10-21(11-14)6-4-7-21;1-12-10-15(13-6-8-27-9-7-13)22-17-16(21-11-24(12)17)18(25)23-19(26)20(2,3)14-4-5-14;1-11-9-13(14-5-4-8-26-14)21-16-15(20-10-23(11)16)17(24)22-18(25)19(2,3)12-6-7-12/h12-14,16-18,24H,4-11H2,1-3H3,(H,27,29,30);4-5,10-13,15-16H,6-9H2,1-3H3,(H,25,27,28);2-3,5,8-9,12,14H,4,6-7,10-11H2,1H3,(H,25,27,28);10-11,13-14H,4-9H2,1-3H3,(H,23,25,26);4-5,8-10,12H,6-7H2,1-3H3,(H,22,24,25). The molecule has 13 aromatic rings. The summed E-state index contributed by atoms with van der Waals surface area (Å²) < 4.78 is 31.4. The fourth-order valence-electron chi connectivity index (χ4n) is 20.1. The fraction of sp³-hybridized carbons (Fsp3) is 0.495. The van der Waals surface area contributed by atoms with Gasteiger partial charge in [0, 0.05) is 99.7 Å². The molecule has 2 aliphatic heterocycles. The maximum Gasteiger partial charge on any atom is 0.280 e. The number of rotatable bonds is 21. The zero-order valence-corrected chi connectivity index (χ0v) is 83.7. The third kappa shape index (κ3) is 22.6. The summed E-state index contributed by atoms with van der Waals surface area (Å²) in [5, 5.41) is 18.0. The number of amides is 10. The van der Waals surface area contributed by atoms with E-state index in [2.05, 4.69) is 82.8 Å². The van der Waals surface area contributed by atoms with Crippen LogP contribution in [0.5, 0.6) is 0 Å². The van der Waals surface area contributed by atoms with Gasteiger partial charge < -0.3 is 23.9 Å². The van der Waals surface area contributed by atoms with Crippen molar-refractivity contribution in [2.24, 2.45) is 45.8 Å². The predicted molar refractivity (Wildman–Crippen MR) is 529 cm³/mol. The highest BCUT2D eigenvalue weighted by atomic mass is 32.1. The van der Waals surface area contributed by atoms with E-state index in [1.807, 2.05) is 154 Å². The van der Waals surface area contributed by atoms with E-state index in [1.165, 1.54) is 25.6 Å².